The minimum atomic E-state index is -0.715. The first-order chi connectivity index (χ1) is 13.9. The molecule has 0 aliphatic rings. The molecule has 0 spiro atoms. The number of hydrogen-bond acceptors (Lipinski definition) is 8. The van der Waals surface area contributed by atoms with Gasteiger partial charge >= 0.3 is 12.1 Å². The number of carbonyl (C=O) groups excluding carboxylic acids is 4. The molecule has 1 amide bonds. The summed E-state index contributed by atoms with van der Waals surface area (Å²) in [7, 11) is 0. The Hall–Kier alpha value is -2.94. The Kier molecular flexibility index (Phi) is 10.4. The number of aryl methyl sites for hydroxylation is 1. The van der Waals surface area contributed by atoms with Gasteiger partial charge in [0.15, 0.2) is 5.58 Å². The molecule has 0 radical (unpaired) electrons. The Bertz CT molecular complexity index is 819. The Morgan fingerprint density at radius 1 is 1.31 bits per heavy atom. The maximum atomic E-state index is 12.1. The molecule has 1 atom stereocenters. The zero-order chi connectivity index (χ0) is 21.8. The van der Waals surface area contributed by atoms with Crippen molar-refractivity contribution in [3.8, 4) is 0 Å². The summed E-state index contributed by atoms with van der Waals surface area (Å²) in [6, 6.07) is 3.17. The smallest absolute Gasteiger partial charge is 0.373 e. The molecule has 0 aliphatic carbocycles. The number of rotatable bonds is 10. The molecule has 10 heteroatoms. The molecule has 29 heavy (non-hydrogen) atoms. The first kappa shape index (κ1) is 24.1. The van der Waals surface area contributed by atoms with Crippen LogP contribution in [0.15, 0.2) is 22.8 Å². The predicted molar refractivity (Wildman–Crippen MR) is 101 cm³/mol. The van der Waals surface area contributed by atoms with Crippen molar-refractivity contribution in [3.05, 3.63) is 24.1 Å². The normalized spacial score (nSPS) is 11.5. The minimum Gasteiger partial charge on any atom is -0.463 e. The van der Waals surface area contributed by atoms with Crippen LogP contribution in [0.5, 0.6) is 0 Å². The number of esters is 1. The monoisotopic (exact) mass is 409 g/mol. The molecule has 160 valence electrons. The van der Waals surface area contributed by atoms with E-state index in [1.807, 2.05) is 30.5 Å². The number of carbonyl (C=O) groups is 2. The summed E-state index contributed by atoms with van der Waals surface area (Å²) < 4.78 is 18.3. The lowest BCUT2D eigenvalue weighted by atomic mass is 10.0. The first-order valence-electron chi connectivity index (χ1n) is 9.18. The van der Waals surface area contributed by atoms with Gasteiger partial charge in [0, 0.05) is 17.8 Å². The molecule has 0 unspecified atom stereocenters. The van der Waals surface area contributed by atoms with E-state index in [1.54, 1.807) is 6.26 Å². The summed E-state index contributed by atoms with van der Waals surface area (Å²) >= 11 is 0. The fourth-order valence-corrected chi connectivity index (χ4v) is 2.65. The molecule has 0 saturated carbocycles. The van der Waals surface area contributed by atoms with Gasteiger partial charge in [0.05, 0.1) is 24.9 Å². The van der Waals surface area contributed by atoms with Crippen LogP contribution in [0.2, 0.25) is 0 Å². The third-order valence-electron chi connectivity index (χ3n) is 4.09. The average molecular weight is 409 g/mol. The van der Waals surface area contributed by atoms with Crippen molar-refractivity contribution < 1.29 is 33.1 Å². The van der Waals surface area contributed by atoms with Crippen LogP contribution in [0.25, 0.3) is 11.1 Å². The molecule has 2 aromatic rings. The second-order valence-electron chi connectivity index (χ2n) is 6.37. The maximum Gasteiger partial charge on any atom is 0.373 e. The molecule has 0 saturated heterocycles. The van der Waals surface area contributed by atoms with Crippen LogP contribution in [0.3, 0.4) is 0 Å². The Balaban J connectivity index is 0.00000132. The van der Waals surface area contributed by atoms with Gasteiger partial charge in [-0.3, -0.25) is 4.79 Å². The van der Waals surface area contributed by atoms with E-state index >= 15 is 0 Å². The summed E-state index contributed by atoms with van der Waals surface area (Å²) in [4.78, 5) is 39.8. The molecule has 10 nitrogen and oxygen atoms in total. The maximum absolute atomic E-state index is 12.1. The molecule has 2 aromatic heterocycles. The number of nitrogens with two attached hydrogens (primary N) is 1. The molecule has 2 heterocycles. The van der Waals surface area contributed by atoms with Crippen LogP contribution in [-0.2, 0) is 41.8 Å². The van der Waals surface area contributed by atoms with Crippen LogP contribution >= 0.6 is 0 Å². The summed E-state index contributed by atoms with van der Waals surface area (Å²) in [5.41, 5.74) is 8.18. The van der Waals surface area contributed by atoms with Crippen LogP contribution in [0, 0.1) is 5.92 Å². The van der Waals surface area contributed by atoms with Gasteiger partial charge in [-0.25, -0.2) is 4.79 Å². The van der Waals surface area contributed by atoms with Gasteiger partial charge in [-0.15, -0.1) is 0 Å². The van der Waals surface area contributed by atoms with E-state index in [1.165, 1.54) is 0 Å². The molecule has 0 bridgehead atoms. The van der Waals surface area contributed by atoms with Crippen molar-refractivity contribution in [1.82, 2.24) is 9.88 Å². The molecule has 0 aliphatic heterocycles. The molecular formula is C19H27N3O7. The summed E-state index contributed by atoms with van der Waals surface area (Å²) in [6.45, 7) is 6.26. The fraction of sp³-hybridized carbons (Fsp3) is 0.526. The van der Waals surface area contributed by atoms with Gasteiger partial charge in [0.2, 0.25) is 5.91 Å². The van der Waals surface area contributed by atoms with E-state index in [9.17, 15) is 9.59 Å². The first-order valence-corrected chi connectivity index (χ1v) is 9.18. The number of furan rings is 1. The van der Waals surface area contributed by atoms with Crippen molar-refractivity contribution in [1.29, 1.82) is 0 Å². The second kappa shape index (κ2) is 12.5. The van der Waals surface area contributed by atoms with Crippen LogP contribution in [0.4, 0.5) is 0 Å². The summed E-state index contributed by atoms with van der Waals surface area (Å²) in [5.74, 6) is -0.973. The van der Waals surface area contributed by atoms with Crippen molar-refractivity contribution in [2.24, 2.45) is 11.7 Å². The second-order valence-corrected chi connectivity index (χ2v) is 6.37. The highest BCUT2D eigenvalue weighted by molar-refractivity contribution is 5.85. The van der Waals surface area contributed by atoms with E-state index in [2.05, 4.69) is 12.2 Å². The highest BCUT2D eigenvalue weighted by Crippen LogP contribution is 2.21. The van der Waals surface area contributed by atoms with E-state index in [4.69, 9.17) is 29.2 Å². The van der Waals surface area contributed by atoms with Crippen LogP contribution in [-0.4, -0.2) is 48.4 Å². The largest absolute Gasteiger partial charge is 0.463 e. The average Bonchev–Trinajstić information content (AvgIpc) is 3.27. The predicted octanol–water partition coefficient (Wildman–Crippen LogP) is 0.830. The quantitative estimate of drug-likeness (QED) is 0.434. The number of hydrogen-bond donors (Lipinski definition) is 2. The Morgan fingerprint density at radius 2 is 2.00 bits per heavy atom. The number of nitrogens with one attached hydrogen (secondary N) is 1. The zero-order valence-electron chi connectivity index (χ0n) is 16.8. The molecule has 2 rings (SSSR count). The van der Waals surface area contributed by atoms with Crippen molar-refractivity contribution in [2.75, 3.05) is 19.8 Å². The van der Waals surface area contributed by atoms with Crippen molar-refractivity contribution >= 4 is 29.1 Å². The molecule has 0 aromatic carbocycles. The van der Waals surface area contributed by atoms with Gasteiger partial charge in [-0.05, 0) is 12.3 Å². The molecular weight excluding hydrogens is 382 g/mol. The third-order valence-corrected chi connectivity index (χ3v) is 4.09. The van der Waals surface area contributed by atoms with E-state index in [0.717, 1.165) is 23.2 Å². The number of aromatic nitrogens is 1. The minimum absolute atomic E-state index is 0.0970. The lowest BCUT2D eigenvalue weighted by molar-refractivity contribution is -0.191. The van der Waals surface area contributed by atoms with Crippen LogP contribution < -0.4 is 11.1 Å². The van der Waals surface area contributed by atoms with Gasteiger partial charge in [0.1, 0.15) is 19.4 Å². The zero-order valence-corrected chi connectivity index (χ0v) is 16.8. The molecule has 0 fully saturated rings. The highest BCUT2D eigenvalue weighted by atomic mass is 16.6. The van der Waals surface area contributed by atoms with Gasteiger partial charge in [-0.1, -0.05) is 20.8 Å². The Morgan fingerprint density at radius 3 is 2.59 bits per heavy atom. The van der Waals surface area contributed by atoms with Gasteiger partial charge in [0.25, 0.3) is 0 Å². The number of fused-ring (bicyclic) bond motifs is 1. The van der Waals surface area contributed by atoms with Crippen molar-refractivity contribution in [3.63, 3.8) is 0 Å². The fourth-order valence-electron chi connectivity index (χ4n) is 2.65. The SMILES string of the molecule is CCc1cc2occc2n1COCCOC(=O)[C@@H](NC(=O)CN)C(C)C.O=C=O. The van der Waals surface area contributed by atoms with Gasteiger partial charge < -0.3 is 29.5 Å². The van der Waals surface area contributed by atoms with E-state index in [-0.39, 0.29) is 37.7 Å². The van der Waals surface area contributed by atoms with Crippen molar-refractivity contribution in [2.45, 2.75) is 40.0 Å². The number of nitrogens with zero attached hydrogens (tertiary/aromatic N) is 1. The topological polar surface area (TPSA) is 143 Å². The van der Waals surface area contributed by atoms with E-state index in [0.29, 0.717) is 6.73 Å². The Labute approximate surface area is 168 Å². The summed E-state index contributed by atoms with van der Waals surface area (Å²) in [6.07, 6.45) is 2.75. The highest BCUT2D eigenvalue weighted by Gasteiger charge is 2.25. The number of amides is 1. The standard InChI is InChI=1S/C18H27N3O5.CO2/c1-4-13-9-15-14(5-6-25-15)21(13)11-24-7-8-26-18(23)17(12(2)3)20-16(22)10-19;2-1-3/h5-6,9,12,17H,4,7-8,10-11,19H2,1-3H3,(H,20,22);/t17-;/m0./s1. The third kappa shape index (κ3) is 7.19. The number of ether oxygens (including phenoxy) is 2. The molecule has 3 N–H and O–H groups in total. The lowest BCUT2D eigenvalue weighted by Crippen LogP contribution is -2.47. The summed E-state index contributed by atoms with van der Waals surface area (Å²) in [5, 5.41) is 2.57. The van der Waals surface area contributed by atoms with E-state index < -0.39 is 12.0 Å². The lowest BCUT2D eigenvalue weighted by Gasteiger charge is -2.20. The van der Waals surface area contributed by atoms with Gasteiger partial charge in [-0.2, -0.15) is 9.59 Å². The van der Waals surface area contributed by atoms with Crippen LogP contribution in [0.1, 0.15) is 26.5 Å².